The van der Waals surface area contributed by atoms with Gasteiger partial charge in [0.05, 0.1) is 30.0 Å². The molecule has 0 bridgehead atoms. The van der Waals surface area contributed by atoms with Crippen LogP contribution in [0.2, 0.25) is 0 Å². The van der Waals surface area contributed by atoms with Crippen LogP contribution in [0, 0.1) is 11.8 Å². The van der Waals surface area contributed by atoms with Crippen molar-refractivity contribution in [2.45, 2.75) is 39.2 Å². The maximum atomic E-state index is 12.9. The Morgan fingerprint density at radius 2 is 1.89 bits per heavy atom. The van der Waals surface area contributed by atoms with Gasteiger partial charge in [-0.2, -0.15) is 13.2 Å². The minimum atomic E-state index is -4.36. The van der Waals surface area contributed by atoms with Crippen LogP contribution in [-0.4, -0.2) is 53.5 Å². The molecule has 0 radical (unpaired) electrons. The topological polar surface area (TPSA) is 74.8 Å². The summed E-state index contributed by atoms with van der Waals surface area (Å²) in [7, 11) is 1.34. The van der Waals surface area contributed by atoms with Gasteiger partial charge in [-0.05, 0) is 35.2 Å². The van der Waals surface area contributed by atoms with E-state index in [4.69, 9.17) is 0 Å². The van der Waals surface area contributed by atoms with Crippen molar-refractivity contribution < 1.29 is 27.5 Å². The number of nitrogens with one attached hydrogen (secondary N) is 1. The van der Waals surface area contributed by atoms with Crippen molar-refractivity contribution in [2.24, 2.45) is 11.8 Å². The molecule has 188 valence electrons. The zero-order chi connectivity index (χ0) is 25.3. The molecule has 0 spiro atoms. The van der Waals surface area contributed by atoms with Gasteiger partial charge in [-0.3, -0.25) is 14.7 Å². The van der Waals surface area contributed by atoms with Crippen LogP contribution in [0.4, 0.5) is 18.0 Å². The second kappa shape index (κ2) is 9.85. The molecule has 4 rings (SSSR count). The summed E-state index contributed by atoms with van der Waals surface area (Å²) in [5.74, 6) is 0.193. The summed E-state index contributed by atoms with van der Waals surface area (Å²) in [5, 5.41) is 2.91. The SMILES string of the molecule is COC(=O)N1CC(CNC(=O)c2cnc3c(c2)CN(Cc2ccc(C(F)(F)F)cc2)C3C(C)C)C1. The lowest BCUT2D eigenvalue weighted by Gasteiger charge is -2.37. The van der Waals surface area contributed by atoms with Gasteiger partial charge in [0.1, 0.15) is 0 Å². The van der Waals surface area contributed by atoms with Crippen molar-refractivity contribution in [3.63, 3.8) is 0 Å². The molecule has 35 heavy (non-hydrogen) atoms. The average molecular weight is 491 g/mol. The zero-order valence-electron chi connectivity index (χ0n) is 19.9. The predicted octanol–water partition coefficient (Wildman–Crippen LogP) is 4.24. The number of methoxy groups -OCH3 is 1. The molecule has 7 nitrogen and oxygen atoms in total. The van der Waals surface area contributed by atoms with Crippen molar-refractivity contribution in [3.05, 3.63) is 64.5 Å². The number of nitrogens with zero attached hydrogens (tertiary/aromatic N) is 3. The van der Waals surface area contributed by atoms with Crippen LogP contribution < -0.4 is 5.32 Å². The van der Waals surface area contributed by atoms with Gasteiger partial charge in [0.15, 0.2) is 0 Å². The molecule has 0 saturated carbocycles. The zero-order valence-corrected chi connectivity index (χ0v) is 19.9. The van der Waals surface area contributed by atoms with Gasteiger partial charge in [0.25, 0.3) is 5.91 Å². The van der Waals surface area contributed by atoms with E-state index in [0.717, 1.165) is 29.0 Å². The third-order valence-electron chi connectivity index (χ3n) is 6.55. The summed E-state index contributed by atoms with van der Waals surface area (Å²) >= 11 is 0. The normalized spacial score (nSPS) is 18.4. The van der Waals surface area contributed by atoms with E-state index in [2.05, 4.69) is 33.8 Å². The van der Waals surface area contributed by atoms with E-state index >= 15 is 0 Å². The number of carbonyl (C=O) groups excluding carboxylic acids is 2. The van der Waals surface area contributed by atoms with Gasteiger partial charge in [0, 0.05) is 44.8 Å². The van der Waals surface area contributed by atoms with E-state index < -0.39 is 11.7 Å². The van der Waals surface area contributed by atoms with Gasteiger partial charge in [0.2, 0.25) is 0 Å². The van der Waals surface area contributed by atoms with Crippen LogP contribution in [0.25, 0.3) is 0 Å². The van der Waals surface area contributed by atoms with E-state index in [1.807, 2.05) is 6.07 Å². The summed E-state index contributed by atoms with van der Waals surface area (Å²) in [5.41, 5.74) is 2.44. The number of benzene rings is 1. The van der Waals surface area contributed by atoms with Crippen LogP contribution in [0.1, 0.15) is 52.6 Å². The molecule has 0 aliphatic carbocycles. The largest absolute Gasteiger partial charge is 0.453 e. The van der Waals surface area contributed by atoms with Crippen molar-refractivity contribution >= 4 is 12.0 Å². The first-order chi connectivity index (χ1) is 16.6. The van der Waals surface area contributed by atoms with Crippen molar-refractivity contribution in [1.29, 1.82) is 0 Å². The maximum Gasteiger partial charge on any atom is 0.416 e. The third-order valence-corrected chi connectivity index (χ3v) is 6.55. The molecular formula is C25H29F3N4O3. The quantitative estimate of drug-likeness (QED) is 0.656. The molecule has 1 aromatic carbocycles. The Hall–Kier alpha value is -3.14. The number of rotatable bonds is 6. The number of aromatic nitrogens is 1. The van der Waals surface area contributed by atoms with Crippen molar-refractivity contribution in [3.8, 4) is 0 Å². The summed E-state index contributed by atoms with van der Waals surface area (Å²) < 4.78 is 43.3. The predicted molar refractivity (Wildman–Crippen MR) is 122 cm³/mol. The highest BCUT2D eigenvalue weighted by Crippen LogP contribution is 2.39. The standard InChI is InChI=1S/C25H29F3N4O3/c1-15(2)22-21-19(14-31(22)11-16-4-6-20(7-5-16)25(26,27)28)8-18(10-29-21)23(33)30-9-17-12-32(13-17)24(34)35-3/h4-8,10,15,17,22H,9,11-14H2,1-3H3,(H,30,33). The Morgan fingerprint density at radius 3 is 2.49 bits per heavy atom. The molecular weight excluding hydrogens is 461 g/mol. The van der Waals surface area contributed by atoms with E-state index in [1.165, 1.54) is 19.2 Å². The molecule has 2 aliphatic heterocycles. The van der Waals surface area contributed by atoms with Crippen LogP contribution in [-0.2, 0) is 24.0 Å². The number of hydrogen-bond donors (Lipinski definition) is 1. The number of ether oxygens (including phenoxy) is 1. The Labute approximate surface area is 202 Å². The monoisotopic (exact) mass is 490 g/mol. The Kier molecular flexibility index (Phi) is 7.02. The maximum absolute atomic E-state index is 12.9. The molecule has 10 heteroatoms. The first kappa shape index (κ1) is 25.0. The van der Waals surface area contributed by atoms with Crippen LogP contribution in [0.5, 0.6) is 0 Å². The van der Waals surface area contributed by atoms with Crippen LogP contribution in [0.15, 0.2) is 36.5 Å². The van der Waals surface area contributed by atoms with E-state index in [1.54, 1.807) is 11.1 Å². The van der Waals surface area contributed by atoms with Gasteiger partial charge in [-0.1, -0.05) is 26.0 Å². The fraction of sp³-hybridized carbons (Fsp3) is 0.480. The fourth-order valence-electron chi connectivity index (χ4n) is 4.77. The molecule has 1 unspecified atom stereocenters. The molecule has 2 aromatic rings. The summed E-state index contributed by atoms with van der Waals surface area (Å²) in [6.07, 6.45) is -3.15. The Morgan fingerprint density at radius 1 is 1.20 bits per heavy atom. The molecule has 1 N–H and O–H groups in total. The molecule has 1 saturated heterocycles. The van der Waals surface area contributed by atoms with Crippen molar-refractivity contribution in [2.75, 3.05) is 26.7 Å². The number of alkyl halides is 3. The fourth-order valence-corrected chi connectivity index (χ4v) is 4.77. The second-order valence-corrected chi connectivity index (χ2v) is 9.51. The van der Waals surface area contributed by atoms with E-state index in [0.29, 0.717) is 38.3 Å². The number of halogens is 3. The third kappa shape index (κ3) is 5.42. The van der Waals surface area contributed by atoms with Gasteiger partial charge < -0.3 is 15.0 Å². The minimum Gasteiger partial charge on any atom is -0.453 e. The van der Waals surface area contributed by atoms with Gasteiger partial charge in [-0.15, -0.1) is 0 Å². The van der Waals surface area contributed by atoms with Gasteiger partial charge >= 0.3 is 12.3 Å². The molecule has 2 aliphatic rings. The number of fused-ring (bicyclic) bond motifs is 1. The van der Waals surface area contributed by atoms with E-state index in [-0.39, 0.29) is 29.9 Å². The Bertz CT molecular complexity index is 1080. The number of carbonyl (C=O) groups is 2. The average Bonchev–Trinajstić information content (AvgIpc) is 3.14. The smallest absolute Gasteiger partial charge is 0.416 e. The lowest BCUT2D eigenvalue weighted by molar-refractivity contribution is -0.137. The van der Waals surface area contributed by atoms with Gasteiger partial charge in [-0.25, -0.2) is 4.79 Å². The first-order valence-corrected chi connectivity index (χ1v) is 11.6. The lowest BCUT2D eigenvalue weighted by Crippen LogP contribution is -2.53. The van der Waals surface area contributed by atoms with Crippen LogP contribution >= 0.6 is 0 Å². The van der Waals surface area contributed by atoms with E-state index in [9.17, 15) is 22.8 Å². The molecule has 2 amide bonds. The minimum absolute atomic E-state index is 0.00341. The highest BCUT2D eigenvalue weighted by molar-refractivity contribution is 5.94. The van der Waals surface area contributed by atoms with Crippen LogP contribution in [0.3, 0.4) is 0 Å². The number of pyridine rings is 1. The highest BCUT2D eigenvalue weighted by Gasteiger charge is 2.35. The number of likely N-dealkylation sites (tertiary alicyclic amines) is 1. The summed E-state index contributed by atoms with van der Waals surface area (Å²) in [6, 6.07) is 7.09. The summed E-state index contributed by atoms with van der Waals surface area (Å²) in [6.45, 7) is 6.75. The second-order valence-electron chi connectivity index (χ2n) is 9.51. The molecule has 1 atom stereocenters. The molecule has 3 heterocycles. The lowest BCUT2D eigenvalue weighted by atomic mass is 9.99. The van der Waals surface area contributed by atoms with Crippen molar-refractivity contribution in [1.82, 2.24) is 20.1 Å². The Balaban J connectivity index is 1.40. The molecule has 1 aromatic heterocycles. The first-order valence-electron chi connectivity index (χ1n) is 11.6. The number of hydrogen-bond acceptors (Lipinski definition) is 5. The molecule has 1 fully saturated rings. The summed E-state index contributed by atoms with van der Waals surface area (Å²) in [4.78, 5) is 32.5. The number of amides is 2. The highest BCUT2D eigenvalue weighted by atomic mass is 19.4.